The van der Waals surface area contributed by atoms with E-state index < -0.39 is 0 Å². The number of nitrogens with zero attached hydrogens (tertiary/aromatic N) is 1. The molecule has 0 unspecified atom stereocenters. The molecule has 0 atom stereocenters. The van der Waals surface area contributed by atoms with Crippen LogP contribution in [0.3, 0.4) is 0 Å². The van der Waals surface area contributed by atoms with Crippen molar-refractivity contribution in [3.63, 3.8) is 0 Å². The quantitative estimate of drug-likeness (QED) is 0.641. The Morgan fingerprint density at radius 2 is 1.71 bits per heavy atom. The molecule has 71 valence electrons. The molecule has 2 aromatic rings. The van der Waals surface area contributed by atoms with Gasteiger partial charge in [-0.3, -0.25) is 0 Å². The maximum atomic E-state index is 3.14. The minimum Gasteiger partial charge on any atom is -0.342 e. The smallest absolute Gasteiger partial charge is 0.0650 e. The lowest BCUT2D eigenvalue weighted by Crippen LogP contribution is -1.94. The van der Waals surface area contributed by atoms with E-state index in [9.17, 15) is 0 Å². The minimum atomic E-state index is 1.24. The van der Waals surface area contributed by atoms with E-state index in [1.165, 1.54) is 22.4 Å². The van der Waals surface area contributed by atoms with E-state index >= 15 is 0 Å². The second kappa shape index (κ2) is 3.33. The van der Waals surface area contributed by atoms with Crippen LogP contribution in [0.2, 0.25) is 0 Å². The second-order valence-corrected chi connectivity index (χ2v) is 3.67. The van der Waals surface area contributed by atoms with Crippen LogP contribution in [0, 0.1) is 20.0 Å². The summed E-state index contributed by atoms with van der Waals surface area (Å²) >= 11 is 0. The molecular formula is C13H14N. The van der Waals surface area contributed by atoms with E-state index in [1.807, 2.05) is 17.7 Å². The highest BCUT2D eigenvalue weighted by molar-refractivity contribution is 5.67. The molecule has 0 spiro atoms. The zero-order valence-electron chi connectivity index (χ0n) is 8.83. The number of hydrogen-bond acceptors (Lipinski definition) is 0. The molecular weight excluding hydrogens is 170 g/mol. The average Bonchev–Trinajstić information content (AvgIpc) is 2.52. The Bertz CT molecular complexity index is 432. The van der Waals surface area contributed by atoms with Gasteiger partial charge in [0.2, 0.25) is 0 Å². The van der Waals surface area contributed by atoms with Crippen LogP contribution in [0.15, 0.2) is 30.3 Å². The number of benzene rings is 1. The van der Waals surface area contributed by atoms with Crippen molar-refractivity contribution in [1.82, 2.24) is 4.57 Å². The molecule has 1 heteroatoms. The van der Waals surface area contributed by atoms with Crippen molar-refractivity contribution < 1.29 is 0 Å². The van der Waals surface area contributed by atoms with Gasteiger partial charge in [0, 0.05) is 18.3 Å². The van der Waals surface area contributed by atoms with Gasteiger partial charge in [0.25, 0.3) is 0 Å². The molecule has 0 aliphatic heterocycles. The topological polar surface area (TPSA) is 4.93 Å². The minimum absolute atomic E-state index is 1.24. The average molecular weight is 184 g/mol. The molecule has 0 aliphatic carbocycles. The van der Waals surface area contributed by atoms with Crippen molar-refractivity contribution in [3.05, 3.63) is 47.7 Å². The van der Waals surface area contributed by atoms with Crippen LogP contribution in [-0.2, 0) is 7.05 Å². The molecule has 0 N–H and O–H groups in total. The number of rotatable bonds is 1. The van der Waals surface area contributed by atoms with Crippen molar-refractivity contribution in [2.75, 3.05) is 0 Å². The van der Waals surface area contributed by atoms with Crippen molar-refractivity contribution in [1.29, 1.82) is 0 Å². The van der Waals surface area contributed by atoms with E-state index in [0.717, 1.165) is 0 Å². The molecule has 1 nitrogen and oxygen atoms in total. The lowest BCUT2D eigenvalue weighted by Gasteiger charge is -2.10. The standard InChI is InChI=1S/C13H14N/c1-10-6-4-7-11(2)13(10)12-8-5-9-14(12)3/h4-8H,1-3H3. The Kier molecular flexibility index (Phi) is 2.16. The van der Waals surface area contributed by atoms with Gasteiger partial charge in [-0.05, 0) is 37.1 Å². The fourth-order valence-electron chi connectivity index (χ4n) is 1.88. The van der Waals surface area contributed by atoms with Crippen molar-refractivity contribution in [2.45, 2.75) is 13.8 Å². The van der Waals surface area contributed by atoms with Gasteiger partial charge in [0.05, 0.1) is 6.20 Å². The van der Waals surface area contributed by atoms with E-state index in [1.54, 1.807) is 0 Å². The summed E-state index contributed by atoms with van der Waals surface area (Å²) in [6.45, 7) is 4.30. The van der Waals surface area contributed by atoms with Gasteiger partial charge < -0.3 is 4.57 Å². The summed E-state index contributed by atoms with van der Waals surface area (Å²) in [5.41, 5.74) is 5.21. The van der Waals surface area contributed by atoms with E-state index in [2.05, 4.69) is 44.3 Å². The Morgan fingerprint density at radius 1 is 1.07 bits per heavy atom. The van der Waals surface area contributed by atoms with E-state index in [4.69, 9.17) is 0 Å². The maximum absolute atomic E-state index is 3.14. The normalized spacial score (nSPS) is 10.5. The van der Waals surface area contributed by atoms with Gasteiger partial charge in [-0.25, -0.2) is 0 Å². The van der Waals surface area contributed by atoms with Crippen LogP contribution < -0.4 is 0 Å². The Hall–Kier alpha value is -1.50. The monoisotopic (exact) mass is 184 g/mol. The zero-order valence-corrected chi connectivity index (χ0v) is 8.83. The fourth-order valence-corrected chi connectivity index (χ4v) is 1.88. The Labute approximate surface area is 85.0 Å². The zero-order chi connectivity index (χ0) is 10.1. The van der Waals surface area contributed by atoms with Gasteiger partial charge in [0.15, 0.2) is 0 Å². The molecule has 0 saturated heterocycles. The first-order chi connectivity index (χ1) is 6.70. The first-order valence-electron chi connectivity index (χ1n) is 4.80. The predicted molar refractivity (Wildman–Crippen MR) is 59.2 cm³/mol. The second-order valence-electron chi connectivity index (χ2n) is 3.67. The number of aryl methyl sites for hydroxylation is 3. The Morgan fingerprint density at radius 3 is 2.21 bits per heavy atom. The molecule has 1 radical (unpaired) electrons. The summed E-state index contributed by atoms with van der Waals surface area (Å²) < 4.78 is 2.04. The lowest BCUT2D eigenvalue weighted by molar-refractivity contribution is 0.925. The summed E-state index contributed by atoms with van der Waals surface area (Å²) in [5, 5.41) is 0. The highest BCUT2D eigenvalue weighted by atomic mass is 14.9. The number of hydrogen-bond donors (Lipinski definition) is 0. The maximum Gasteiger partial charge on any atom is 0.0650 e. The van der Waals surface area contributed by atoms with Gasteiger partial charge in [-0.15, -0.1) is 0 Å². The van der Waals surface area contributed by atoms with Gasteiger partial charge in [-0.1, -0.05) is 18.2 Å². The Balaban J connectivity index is 2.68. The van der Waals surface area contributed by atoms with Crippen LogP contribution in [-0.4, -0.2) is 4.57 Å². The van der Waals surface area contributed by atoms with Crippen molar-refractivity contribution in [3.8, 4) is 11.3 Å². The highest BCUT2D eigenvalue weighted by Gasteiger charge is 2.07. The summed E-state index contributed by atoms with van der Waals surface area (Å²) in [7, 11) is 2.03. The molecule has 0 fully saturated rings. The highest BCUT2D eigenvalue weighted by Crippen LogP contribution is 2.26. The summed E-state index contributed by atoms with van der Waals surface area (Å²) in [6, 6.07) is 10.5. The van der Waals surface area contributed by atoms with Crippen LogP contribution >= 0.6 is 0 Å². The molecule has 1 aromatic carbocycles. The molecule has 1 aromatic heterocycles. The first kappa shape index (κ1) is 9.07. The predicted octanol–water partition coefficient (Wildman–Crippen LogP) is 3.11. The lowest BCUT2D eigenvalue weighted by atomic mass is 10.0. The van der Waals surface area contributed by atoms with Gasteiger partial charge in [0.1, 0.15) is 0 Å². The van der Waals surface area contributed by atoms with Crippen LogP contribution in [0.1, 0.15) is 11.1 Å². The summed E-state index contributed by atoms with van der Waals surface area (Å²) in [4.78, 5) is 0. The SMILES string of the molecule is Cc1cccc(C)c1-c1cc[c]n1C. The van der Waals surface area contributed by atoms with E-state index in [-0.39, 0.29) is 0 Å². The van der Waals surface area contributed by atoms with Crippen LogP contribution in [0.5, 0.6) is 0 Å². The van der Waals surface area contributed by atoms with Gasteiger partial charge in [-0.2, -0.15) is 0 Å². The summed E-state index contributed by atoms with van der Waals surface area (Å²) in [6.07, 6.45) is 3.14. The largest absolute Gasteiger partial charge is 0.342 e. The fraction of sp³-hybridized carbons (Fsp3) is 0.231. The molecule has 1 heterocycles. The van der Waals surface area contributed by atoms with Crippen molar-refractivity contribution >= 4 is 0 Å². The third-order valence-corrected chi connectivity index (χ3v) is 2.61. The van der Waals surface area contributed by atoms with Crippen molar-refractivity contribution in [2.24, 2.45) is 7.05 Å². The third-order valence-electron chi connectivity index (χ3n) is 2.61. The molecule has 14 heavy (non-hydrogen) atoms. The summed E-state index contributed by atoms with van der Waals surface area (Å²) in [5.74, 6) is 0. The molecule has 2 rings (SSSR count). The molecule has 0 bridgehead atoms. The number of aromatic nitrogens is 1. The van der Waals surface area contributed by atoms with Gasteiger partial charge >= 0.3 is 0 Å². The molecule has 0 aliphatic rings. The molecule has 0 amide bonds. The first-order valence-corrected chi connectivity index (χ1v) is 4.80. The van der Waals surface area contributed by atoms with Crippen LogP contribution in [0.4, 0.5) is 0 Å². The van der Waals surface area contributed by atoms with Crippen LogP contribution in [0.25, 0.3) is 11.3 Å². The third kappa shape index (κ3) is 1.35. The van der Waals surface area contributed by atoms with E-state index in [0.29, 0.717) is 0 Å². The molecule has 0 saturated carbocycles.